The number of para-hydroxylation sites is 2. The van der Waals surface area contributed by atoms with Crippen LogP contribution < -0.4 is 5.32 Å². The maximum absolute atomic E-state index is 12.9. The molecular formula is C22H32N4O4. The molecule has 1 N–H and O–H groups in total. The highest BCUT2D eigenvalue weighted by molar-refractivity contribution is 5.90. The van der Waals surface area contributed by atoms with Gasteiger partial charge in [-0.3, -0.25) is 0 Å². The van der Waals surface area contributed by atoms with Crippen molar-refractivity contribution in [3.8, 4) is 0 Å². The molecule has 30 heavy (non-hydrogen) atoms. The summed E-state index contributed by atoms with van der Waals surface area (Å²) < 4.78 is 12.5. The number of rotatable bonds is 2. The van der Waals surface area contributed by atoms with Crippen LogP contribution in [0, 0.1) is 0 Å². The summed E-state index contributed by atoms with van der Waals surface area (Å²) in [5, 5.41) is 3.39. The molecule has 1 aliphatic heterocycles. The maximum Gasteiger partial charge on any atom is 0.421 e. The predicted octanol–water partition coefficient (Wildman–Crippen LogP) is 4.63. The second-order valence-electron chi connectivity index (χ2n) is 9.63. The molecule has 1 aliphatic rings. The minimum Gasteiger partial charge on any atom is -0.444 e. The normalized spacial score (nSPS) is 15.9. The average Bonchev–Trinajstić information content (AvgIpc) is 2.97. The number of fused-ring (bicyclic) bond motifs is 1. The molecule has 0 aliphatic carbocycles. The third kappa shape index (κ3) is 5.43. The van der Waals surface area contributed by atoms with Gasteiger partial charge in [-0.25, -0.2) is 19.1 Å². The molecule has 2 heterocycles. The van der Waals surface area contributed by atoms with Crippen LogP contribution in [0.2, 0.25) is 0 Å². The van der Waals surface area contributed by atoms with Crippen LogP contribution in [0.1, 0.15) is 54.4 Å². The monoisotopic (exact) mass is 416 g/mol. The van der Waals surface area contributed by atoms with E-state index in [-0.39, 0.29) is 12.1 Å². The summed E-state index contributed by atoms with van der Waals surface area (Å²) in [6, 6.07) is 7.56. The zero-order valence-corrected chi connectivity index (χ0v) is 18.7. The summed E-state index contributed by atoms with van der Waals surface area (Å²) in [6.45, 7) is 12.3. The highest BCUT2D eigenvalue weighted by atomic mass is 16.6. The second kappa shape index (κ2) is 8.16. The first-order chi connectivity index (χ1) is 13.9. The number of imidazole rings is 1. The number of piperidine rings is 1. The molecule has 0 bridgehead atoms. The molecule has 1 aromatic heterocycles. The molecule has 1 fully saturated rings. The van der Waals surface area contributed by atoms with Crippen LogP contribution in [0.5, 0.6) is 0 Å². The Morgan fingerprint density at radius 3 is 2.13 bits per heavy atom. The van der Waals surface area contributed by atoms with Gasteiger partial charge in [-0.2, -0.15) is 0 Å². The van der Waals surface area contributed by atoms with Gasteiger partial charge in [0.05, 0.1) is 11.0 Å². The van der Waals surface area contributed by atoms with Crippen molar-refractivity contribution in [3.63, 3.8) is 0 Å². The van der Waals surface area contributed by atoms with Gasteiger partial charge in [0.15, 0.2) is 0 Å². The number of nitrogens with zero attached hydrogens (tertiary/aromatic N) is 3. The third-order valence-electron chi connectivity index (χ3n) is 4.62. The molecule has 0 atom stereocenters. The van der Waals surface area contributed by atoms with Gasteiger partial charge in [0, 0.05) is 19.1 Å². The number of carbonyl (C=O) groups is 2. The smallest absolute Gasteiger partial charge is 0.421 e. The topological polar surface area (TPSA) is 85.7 Å². The van der Waals surface area contributed by atoms with E-state index in [2.05, 4.69) is 10.3 Å². The molecule has 1 saturated heterocycles. The largest absolute Gasteiger partial charge is 0.444 e. The Morgan fingerprint density at radius 1 is 0.967 bits per heavy atom. The van der Waals surface area contributed by atoms with Crippen LogP contribution in [0.15, 0.2) is 24.3 Å². The Kier molecular flexibility index (Phi) is 5.97. The van der Waals surface area contributed by atoms with Gasteiger partial charge < -0.3 is 19.7 Å². The molecule has 1 aromatic carbocycles. The number of hydrogen-bond acceptors (Lipinski definition) is 6. The Hall–Kier alpha value is -2.77. The molecule has 0 radical (unpaired) electrons. The number of ether oxygens (including phenoxy) is 2. The summed E-state index contributed by atoms with van der Waals surface area (Å²) in [7, 11) is 0. The maximum atomic E-state index is 12.9. The van der Waals surface area contributed by atoms with Crippen LogP contribution in [-0.4, -0.2) is 57.0 Å². The average molecular weight is 417 g/mol. The first kappa shape index (κ1) is 21.9. The van der Waals surface area contributed by atoms with Gasteiger partial charge in [0.25, 0.3) is 0 Å². The van der Waals surface area contributed by atoms with Gasteiger partial charge in [-0.15, -0.1) is 0 Å². The molecule has 0 spiro atoms. The Balaban J connectivity index is 1.73. The number of carbonyl (C=O) groups excluding carboxylic acids is 2. The van der Waals surface area contributed by atoms with Gasteiger partial charge in [-0.1, -0.05) is 12.1 Å². The van der Waals surface area contributed by atoms with Gasteiger partial charge in [0.2, 0.25) is 5.95 Å². The Bertz CT molecular complexity index is 915. The van der Waals surface area contributed by atoms with Gasteiger partial charge >= 0.3 is 12.2 Å². The van der Waals surface area contributed by atoms with Crippen LogP contribution in [0.3, 0.4) is 0 Å². The molecule has 0 saturated carbocycles. The number of aromatic nitrogens is 2. The quantitative estimate of drug-likeness (QED) is 0.768. The molecule has 3 rings (SSSR count). The minimum absolute atomic E-state index is 0.0849. The number of benzene rings is 1. The van der Waals surface area contributed by atoms with E-state index in [0.717, 1.165) is 18.4 Å². The van der Waals surface area contributed by atoms with Gasteiger partial charge in [0.1, 0.15) is 11.2 Å². The van der Waals surface area contributed by atoms with E-state index in [1.165, 1.54) is 4.57 Å². The second-order valence-corrected chi connectivity index (χ2v) is 9.63. The summed E-state index contributed by atoms with van der Waals surface area (Å²) >= 11 is 0. The Morgan fingerprint density at radius 2 is 1.53 bits per heavy atom. The number of nitrogens with one attached hydrogen (secondary N) is 1. The van der Waals surface area contributed by atoms with Crippen molar-refractivity contribution in [3.05, 3.63) is 24.3 Å². The molecule has 8 heteroatoms. The van der Waals surface area contributed by atoms with E-state index >= 15 is 0 Å². The van der Waals surface area contributed by atoms with E-state index in [1.54, 1.807) is 4.90 Å². The van der Waals surface area contributed by atoms with Crippen LogP contribution in [0.25, 0.3) is 11.0 Å². The van der Waals surface area contributed by atoms with Crippen molar-refractivity contribution in [2.75, 3.05) is 18.4 Å². The highest BCUT2D eigenvalue weighted by Gasteiger charge is 2.29. The van der Waals surface area contributed by atoms with Crippen molar-refractivity contribution >= 4 is 29.2 Å². The Labute approximate surface area is 177 Å². The highest BCUT2D eigenvalue weighted by Crippen LogP contribution is 2.24. The molecule has 0 unspecified atom stereocenters. The van der Waals surface area contributed by atoms with Gasteiger partial charge in [-0.05, 0) is 66.5 Å². The fourth-order valence-electron chi connectivity index (χ4n) is 3.33. The van der Waals surface area contributed by atoms with Crippen LogP contribution >= 0.6 is 0 Å². The van der Waals surface area contributed by atoms with Crippen molar-refractivity contribution in [2.24, 2.45) is 0 Å². The lowest BCUT2D eigenvalue weighted by molar-refractivity contribution is 0.0210. The molecule has 1 amide bonds. The first-order valence-electron chi connectivity index (χ1n) is 10.4. The van der Waals surface area contributed by atoms with Crippen molar-refractivity contribution in [1.82, 2.24) is 14.5 Å². The fourth-order valence-corrected chi connectivity index (χ4v) is 3.33. The van der Waals surface area contributed by atoms with Crippen LogP contribution in [-0.2, 0) is 9.47 Å². The van der Waals surface area contributed by atoms with Crippen molar-refractivity contribution in [1.29, 1.82) is 0 Å². The molecular weight excluding hydrogens is 384 g/mol. The van der Waals surface area contributed by atoms with E-state index in [9.17, 15) is 9.59 Å². The third-order valence-corrected chi connectivity index (χ3v) is 4.62. The van der Waals surface area contributed by atoms with E-state index < -0.39 is 17.3 Å². The fraction of sp³-hybridized carbons (Fsp3) is 0.591. The predicted molar refractivity (Wildman–Crippen MR) is 116 cm³/mol. The SMILES string of the molecule is CC(C)(C)OC(=O)N1CCC(Nc2nc3ccccc3n2C(=O)OC(C)(C)C)CC1. The van der Waals surface area contributed by atoms with Crippen LogP contribution in [0.4, 0.5) is 15.5 Å². The van der Waals surface area contributed by atoms with E-state index in [1.807, 2.05) is 65.8 Å². The summed E-state index contributed by atoms with van der Waals surface area (Å²) in [4.78, 5) is 31.5. The van der Waals surface area contributed by atoms with Crippen molar-refractivity contribution in [2.45, 2.75) is 71.6 Å². The standard InChI is InChI=1S/C22H32N4O4/c1-21(2,3)29-19(27)25-13-11-15(12-14-25)23-18-24-16-9-7-8-10-17(16)26(18)20(28)30-22(4,5)6/h7-10,15H,11-14H2,1-6H3,(H,23,24). The summed E-state index contributed by atoms with van der Waals surface area (Å²) in [5.41, 5.74) is 0.292. The number of hydrogen-bond donors (Lipinski definition) is 1. The summed E-state index contributed by atoms with van der Waals surface area (Å²) in [6.07, 6.45) is 0.708. The summed E-state index contributed by atoms with van der Waals surface area (Å²) in [5.74, 6) is 0.459. The zero-order valence-electron chi connectivity index (χ0n) is 18.7. The van der Waals surface area contributed by atoms with E-state index in [4.69, 9.17) is 9.47 Å². The number of likely N-dealkylation sites (tertiary alicyclic amines) is 1. The zero-order chi connectivity index (χ0) is 22.1. The lowest BCUT2D eigenvalue weighted by Gasteiger charge is -2.33. The molecule has 8 nitrogen and oxygen atoms in total. The van der Waals surface area contributed by atoms with Crippen molar-refractivity contribution < 1.29 is 19.1 Å². The molecule has 2 aromatic rings. The first-order valence-corrected chi connectivity index (χ1v) is 10.4. The number of amides is 1. The lowest BCUT2D eigenvalue weighted by atomic mass is 10.1. The minimum atomic E-state index is -0.613. The molecule has 164 valence electrons. The van der Waals surface area contributed by atoms with E-state index in [0.29, 0.717) is 24.6 Å². The number of anilines is 1. The lowest BCUT2D eigenvalue weighted by Crippen LogP contribution is -2.44.